The Morgan fingerprint density at radius 1 is 0.867 bits per heavy atom. The number of unbranched alkanes of at least 4 members (excludes halogenated alkanes) is 3. The van der Waals surface area contributed by atoms with Crippen molar-refractivity contribution in [1.82, 2.24) is 10.9 Å². The largest absolute Gasteiger partial charge is 0.493 e. The van der Waals surface area contributed by atoms with Crippen molar-refractivity contribution < 1.29 is 19.1 Å². The van der Waals surface area contributed by atoms with Gasteiger partial charge in [-0.1, -0.05) is 52.2 Å². The average Bonchev–Trinajstić information content (AvgIpc) is 2.76. The molecule has 2 aromatic rings. The monoisotopic (exact) mass is 412 g/mol. The van der Waals surface area contributed by atoms with E-state index in [1.807, 2.05) is 6.07 Å². The van der Waals surface area contributed by atoms with E-state index in [1.54, 1.807) is 42.5 Å². The van der Waals surface area contributed by atoms with Gasteiger partial charge in [-0.05, 0) is 48.7 Å². The SMILES string of the molecule is CCCCCCOc1ccccc1C(=O)NNC(=O)c1ccc(OCC(C)C)cc1. The number of amides is 2. The maximum absolute atomic E-state index is 12.5. The van der Waals surface area contributed by atoms with Crippen LogP contribution in [0.4, 0.5) is 0 Å². The maximum atomic E-state index is 12.5. The average molecular weight is 413 g/mol. The van der Waals surface area contributed by atoms with Crippen LogP contribution < -0.4 is 20.3 Å². The molecule has 0 heterocycles. The topological polar surface area (TPSA) is 76.7 Å². The van der Waals surface area contributed by atoms with Crippen molar-refractivity contribution in [3.05, 3.63) is 59.7 Å². The Hall–Kier alpha value is -3.02. The van der Waals surface area contributed by atoms with Crippen LogP contribution >= 0.6 is 0 Å². The van der Waals surface area contributed by atoms with Crippen LogP contribution in [-0.2, 0) is 0 Å². The van der Waals surface area contributed by atoms with Gasteiger partial charge < -0.3 is 9.47 Å². The summed E-state index contributed by atoms with van der Waals surface area (Å²) in [6.07, 6.45) is 4.37. The first-order chi connectivity index (χ1) is 14.5. The predicted octanol–water partition coefficient (Wildman–Crippen LogP) is 4.76. The smallest absolute Gasteiger partial charge is 0.273 e. The van der Waals surface area contributed by atoms with Gasteiger partial charge in [-0.25, -0.2) is 0 Å². The molecule has 30 heavy (non-hydrogen) atoms. The van der Waals surface area contributed by atoms with E-state index in [1.165, 1.54) is 6.42 Å². The Morgan fingerprint density at radius 2 is 1.57 bits per heavy atom. The molecule has 6 heteroatoms. The number of hydrogen-bond acceptors (Lipinski definition) is 4. The maximum Gasteiger partial charge on any atom is 0.273 e. The minimum absolute atomic E-state index is 0.380. The van der Waals surface area contributed by atoms with Gasteiger partial charge in [-0.2, -0.15) is 0 Å². The van der Waals surface area contributed by atoms with Gasteiger partial charge in [0.25, 0.3) is 11.8 Å². The van der Waals surface area contributed by atoms with Gasteiger partial charge >= 0.3 is 0 Å². The molecule has 0 aliphatic rings. The molecule has 0 radical (unpaired) electrons. The van der Waals surface area contributed by atoms with Crippen molar-refractivity contribution in [2.45, 2.75) is 46.5 Å². The summed E-state index contributed by atoms with van der Waals surface area (Å²) in [5.74, 6) is 0.800. The second-order valence-corrected chi connectivity index (χ2v) is 7.54. The van der Waals surface area contributed by atoms with Crippen molar-refractivity contribution in [2.75, 3.05) is 13.2 Å². The summed E-state index contributed by atoms with van der Waals surface area (Å²) in [5, 5.41) is 0. The van der Waals surface area contributed by atoms with Gasteiger partial charge in [0.2, 0.25) is 0 Å². The van der Waals surface area contributed by atoms with Crippen LogP contribution in [0, 0.1) is 5.92 Å². The van der Waals surface area contributed by atoms with E-state index in [0.717, 1.165) is 19.3 Å². The molecule has 0 aliphatic carbocycles. The van der Waals surface area contributed by atoms with Crippen LogP contribution in [0.3, 0.4) is 0 Å². The lowest BCUT2D eigenvalue weighted by atomic mass is 10.2. The fourth-order valence-electron chi connectivity index (χ4n) is 2.71. The first-order valence-electron chi connectivity index (χ1n) is 10.6. The number of nitrogens with one attached hydrogen (secondary N) is 2. The van der Waals surface area contributed by atoms with Crippen LogP contribution in [0.15, 0.2) is 48.5 Å². The number of hydrogen-bond donors (Lipinski definition) is 2. The molecule has 0 fully saturated rings. The van der Waals surface area contributed by atoms with E-state index in [4.69, 9.17) is 9.47 Å². The molecule has 2 rings (SSSR count). The molecule has 162 valence electrons. The van der Waals surface area contributed by atoms with Crippen molar-refractivity contribution in [3.8, 4) is 11.5 Å². The lowest BCUT2D eigenvalue weighted by Crippen LogP contribution is -2.41. The number of benzene rings is 2. The molecule has 0 saturated carbocycles. The fraction of sp³-hybridized carbons (Fsp3) is 0.417. The Labute approximate surface area is 178 Å². The van der Waals surface area contributed by atoms with Crippen LogP contribution in [-0.4, -0.2) is 25.0 Å². The normalized spacial score (nSPS) is 10.5. The van der Waals surface area contributed by atoms with Crippen LogP contribution in [0.2, 0.25) is 0 Å². The van der Waals surface area contributed by atoms with Crippen LogP contribution in [0.1, 0.15) is 67.2 Å². The summed E-state index contributed by atoms with van der Waals surface area (Å²) in [5.41, 5.74) is 5.70. The highest BCUT2D eigenvalue weighted by molar-refractivity contribution is 6.00. The zero-order valence-corrected chi connectivity index (χ0v) is 18.1. The zero-order chi connectivity index (χ0) is 21.8. The third kappa shape index (κ3) is 7.78. The Bertz CT molecular complexity index is 803. The number of ether oxygens (including phenoxy) is 2. The standard InChI is InChI=1S/C24H32N2O4/c1-4-5-6-9-16-29-22-11-8-7-10-21(22)24(28)26-25-23(27)19-12-14-20(15-13-19)30-17-18(2)3/h7-8,10-15,18H,4-6,9,16-17H2,1-3H3,(H,25,27)(H,26,28). The van der Waals surface area contributed by atoms with Gasteiger partial charge in [-0.15, -0.1) is 0 Å². The van der Waals surface area contributed by atoms with Crippen LogP contribution in [0.5, 0.6) is 11.5 Å². The number of carbonyl (C=O) groups excluding carboxylic acids is 2. The van der Waals surface area contributed by atoms with E-state index >= 15 is 0 Å². The third-order valence-electron chi connectivity index (χ3n) is 4.38. The Morgan fingerprint density at radius 3 is 2.27 bits per heavy atom. The minimum atomic E-state index is -0.426. The van der Waals surface area contributed by atoms with E-state index in [2.05, 4.69) is 31.6 Å². The highest BCUT2D eigenvalue weighted by atomic mass is 16.5. The molecule has 0 spiro atoms. The lowest BCUT2D eigenvalue weighted by molar-refractivity contribution is 0.0844. The molecular formula is C24H32N2O4. The van der Waals surface area contributed by atoms with Gasteiger partial charge in [-0.3, -0.25) is 20.4 Å². The molecule has 2 amide bonds. The summed E-state index contributed by atoms with van der Waals surface area (Å²) in [6, 6.07) is 13.8. The van der Waals surface area contributed by atoms with Gasteiger partial charge in [0.15, 0.2) is 0 Å². The molecule has 0 aromatic heterocycles. The fourth-order valence-corrected chi connectivity index (χ4v) is 2.71. The van der Waals surface area contributed by atoms with Gasteiger partial charge in [0.1, 0.15) is 11.5 Å². The second kappa shape index (κ2) is 12.5. The molecule has 0 saturated heterocycles. The summed E-state index contributed by atoms with van der Waals surface area (Å²) >= 11 is 0. The summed E-state index contributed by atoms with van der Waals surface area (Å²) < 4.78 is 11.4. The highest BCUT2D eigenvalue weighted by Crippen LogP contribution is 2.18. The summed E-state index contributed by atoms with van der Waals surface area (Å²) in [4.78, 5) is 24.8. The molecule has 0 atom stereocenters. The zero-order valence-electron chi connectivity index (χ0n) is 18.1. The molecule has 0 aliphatic heterocycles. The van der Waals surface area contributed by atoms with Crippen molar-refractivity contribution in [1.29, 1.82) is 0 Å². The third-order valence-corrected chi connectivity index (χ3v) is 4.38. The van der Waals surface area contributed by atoms with Crippen molar-refractivity contribution in [2.24, 2.45) is 5.92 Å². The van der Waals surface area contributed by atoms with Crippen molar-refractivity contribution in [3.63, 3.8) is 0 Å². The summed E-state index contributed by atoms with van der Waals surface area (Å²) in [6.45, 7) is 7.47. The summed E-state index contributed by atoms with van der Waals surface area (Å²) in [7, 11) is 0. The Kier molecular flexibility index (Phi) is 9.71. The van der Waals surface area contributed by atoms with Gasteiger partial charge in [0, 0.05) is 5.56 Å². The predicted molar refractivity (Wildman–Crippen MR) is 118 cm³/mol. The quantitative estimate of drug-likeness (QED) is 0.412. The number of carbonyl (C=O) groups is 2. The van der Waals surface area contributed by atoms with E-state index < -0.39 is 11.8 Å². The Balaban J connectivity index is 1.87. The van der Waals surface area contributed by atoms with Crippen molar-refractivity contribution >= 4 is 11.8 Å². The van der Waals surface area contributed by atoms with Crippen LogP contribution in [0.25, 0.3) is 0 Å². The second-order valence-electron chi connectivity index (χ2n) is 7.54. The number of para-hydroxylation sites is 1. The lowest BCUT2D eigenvalue weighted by Gasteiger charge is -2.12. The van der Waals surface area contributed by atoms with E-state index in [-0.39, 0.29) is 0 Å². The van der Waals surface area contributed by atoms with Gasteiger partial charge in [0.05, 0.1) is 18.8 Å². The molecule has 6 nitrogen and oxygen atoms in total. The van der Waals surface area contributed by atoms with E-state index in [9.17, 15) is 9.59 Å². The minimum Gasteiger partial charge on any atom is -0.493 e. The molecule has 2 N–H and O–H groups in total. The van der Waals surface area contributed by atoms with E-state index in [0.29, 0.717) is 41.8 Å². The first kappa shape index (κ1) is 23.3. The molecule has 0 bridgehead atoms. The highest BCUT2D eigenvalue weighted by Gasteiger charge is 2.14. The number of hydrazine groups is 1. The molecule has 0 unspecified atom stereocenters. The number of rotatable bonds is 11. The first-order valence-corrected chi connectivity index (χ1v) is 10.6. The molecule has 2 aromatic carbocycles. The molecular weight excluding hydrogens is 380 g/mol.